The van der Waals surface area contributed by atoms with Crippen LogP contribution in [0.2, 0.25) is 0 Å². The maximum Gasteiger partial charge on any atom is 0.101 e. The molecule has 2 saturated carbocycles. The van der Waals surface area contributed by atoms with Gasteiger partial charge >= 0.3 is 0 Å². The summed E-state index contributed by atoms with van der Waals surface area (Å²) in [5, 5.41) is 8.84. The minimum absolute atomic E-state index is 0.624. The Kier molecular flexibility index (Phi) is 4.06. The first kappa shape index (κ1) is 12.9. The number of nitriles is 1. The van der Waals surface area contributed by atoms with Crippen LogP contribution in [0.25, 0.3) is 0 Å². The van der Waals surface area contributed by atoms with Crippen molar-refractivity contribution in [2.45, 2.75) is 63.5 Å². The summed E-state index contributed by atoms with van der Waals surface area (Å²) in [6.45, 7) is 4.36. The molecule has 0 amide bonds. The molecule has 2 fully saturated rings. The Morgan fingerprint density at radius 2 is 2.00 bits per heavy atom. The van der Waals surface area contributed by atoms with Crippen LogP contribution in [0.1, 0.15) is 51.9 Å². The highest BCUT2D eigenvalue weighted by Crippen LogP contribution is 2.34. The third kappa shape index (κ3) is 4.65. The average molecular weight is 235 g/mol. The van der Waals surface area contributed by atoms with Gasteiger partial charge in [-0.05, 0) is 64.3 Å². The lowest BCUT2D eigenvalue weighted by atomic mass is 9.98. The van der Waals surface area contributed by atoms with Gasteiger partial charge in [0.1, 0.15) is 5.54 Å². The summed E-state index contributed by atoms with van der Waals surface area (Å²) < 4.78 is 0. The third-order valence-corrected chi connectivity index (χ3v) is 3.90. The van der Waals surface area contributed by atoms with Crippen molar-refractivity contribution in [3.8, 4) is 6.07 Å². The van der Waals surface area contributed by atoms with Crippen molar-refractivity contribution in [2.24, 2.45) is 11.7 Å². The maximum atomic E-state index is 8.84. The maximum absolute atomic E-state index is 8.84. The molecular formula is C14H25N3. The molecule has 17 heavy (non-hydrogen) atoms. The Balaban J connectivity index is 1.60. The molecule has 0 aromatic rings. The Bertz CT molecular complexity index is 284. The summed E-state index contributed by atoms with van der Waals surface area (Å²) in [5.74, 6) is 0.995. The molecule has 1 atom stereocenters. The van der Waals surface area contributed by atoms with Crippen LogP contribution in [-0.2, 0) is 0 Å². The quantitative estimate of drug-likeness (QED) is 0.657. The highest BCUT2D eigenvalue weighted by atomic mass is 15.2. The Morgan fingerprint density at radius 3 is 2.53 bits per heavy atom. The summed E-state index contributed by atoms with van der Waals surface area (Å²) in [4.78, 5) is 2.68. The van der Waals surface area contributed by atoms with E-state index in [4.69, 9.17) is 11.0 Å². The van der Waals surface area contributed by atoms with Crippen molar-refractivity contribution >= 4 is 0 Å². The molecule has 3 nitrogen and oxygen atoms in total. The normalized spacial score (nSPS) is 23.4. The van der Waals surface area contributed by atoms with Gasteiger partial charge in [0.05, 0.1) is 6.07 Å². The van der Waals surface area contributed by atoms with Crippen LogP contribution in [0.3, 0.4) is 0 Å². The van der Waals surface area contributed by atoms with Crippen LogP contribution in [0, 0.1) is 17.2 Å². The molecule has 3 heteroatoms. The number of unbranched alkanes of at least 4 members (excludes halogenated alkanes) is 1. The van der Waals surface area contributed by atoms with Crippen LogP contribution in [0.4, 0.5) is 0 Å². The van der Waals surface area contributed by atoms with Crippen molar-refractivity contribution in [3.63, 3.8) is 0 Å². The molecule has 96 valence electrons. The number of nitrogens with zero attached hydrogens (tertiary/aromatic N) is 2. The molecule has 1 unspecified atom stereocenters. The van der Waals surface area contributed by atoms with Gasteiger partial charge in [0.25, 0.3) is 0 Å². The molecule has 0 spiro atoms. The largest absolute Gasteiger partial charge is 0.314 e. The summed E-state index contributed by atoms with van der Waals surface area (Å²) in [6.07, 6.45) is 8.79. The highest BCUT2D eigenvalue weighted by molar-refractivity contribution is 5.00. The second kappa shape index (κ2) is 5.37. The molecule has 2 rings (SSSR count). The first-order valence-electron chi connectivity index (χ1n) is 7.05. The standard InChI is InChI=1S/C14H25N3/c1-14(16,11-15)8-2-3-9-17(13-6-7-13)10-12-4-5-12/h12-13H,2-10,16H2,1H3. The number of rotatable bonds is 8. The predicted molar refractivity (Wildman–Crippen MR) is 69.4 cm³/mol. The fourth-order valence-electron chi connectivity index (χ4n) is 2.36. The highest BCUT2D eigenvalue weighted by Gasteiger charge is 2.33. The van der Waals surface area contributed by atoms with Crippen molar-refractivity contribution in [3.05, 3.63) is 0 Å². The van der Waals surface area contributed by atoms with E-state index in [0.29, 0.717) is 0 Å². The van der Waals surface area contributed by atoms with E-state index in [-0.39, 0.29) is 0 Å². The second-order valence-corrected chi connectivity index (χ2v) is 6.16. The Morgan fingerprint density at radius 1 is 1.29 bits per heavy atom. The van der Waals surface area contributed by atoms with Crippen molar-refractivity contribution in [1.82, 2.24) is 4.90 Å². The molecular weight excluding hydrogens is 210 g/mol. The lowest BCUT2D eigenvalue weighted by Crippen LogP contribution is -2.34. The molecule has 2 aliphatic rings. The van der Waals surface area contributed by atoms with E-state index < -0.39 is 5.54 Å². The topological polar surface area (TPSA) is 53.1 Å². The summed E-state index contributed by atoms with van der Waals surface area (Å²) in [7, 11) is 0. The molecule has 0 bridgehead atoms. The molecule has 0 aromatic carbocycles. The molecule has 2 N–H and O–H groups in total. The van der Waals surface area contributed by atoms with Gasteiger partial charge in [-0.15, -0.1) is 0 Å². The summed E-state index contributed by atoms with van der Waals surface area (Å²) in [5.41, 5.74) is 5.20. The predicted octanol–water partition coefficient (Wildman–Crippen LogP) is 2.27. The minimum Gasteiger partial charge on any atom is -0.314 e. The summed E-state index contributed by atoms with van der Waals surface area (Å²) in [6, 6.07) is 3.06. The van der Waals surface area contributed by atoms with E-state index in [0.717, 1.165) is 24.8 Å². The van der Waals surface area contributed by atoms with Crippen molar-refractivity contribution < 1.29 is 0 Å². The van der Waals surface area contributed by atoms with Crippen molar-refractivity contribution in [2.75, 3.05) is 13.1 Å². The molecule has 0 aliphatic heterocycles. The van der Waals surface area contributed by atoms with Crippen LogP contribution < -0.4 is 5.73 Å². The first-order valence-corrected chi connectivity index (χ1v) is 7.05. The molecule has 0 saturated heterocycles. The van der Waals surface area contributed by atoms with Gasteiger partial charge in [-0.3, -0.25) is 0 Å². The minimum atomic E-state index is -0.624. The monoisotopic (exact) mass is 235 g/mol. The number of nitrogens with two attached hydrogens (primary N) is 1. The lowest BCUT2D eigenvalue weighted by molar-refractivity contribution is 0.245. The van der Waals surface area contributed by atoms with Crippen LogP contribution in [0.5, 0.6) is 0 Å². The van der Waals surface area contributed by atoms with E-state index in [9.17, 15) is 0 Å². The van der Waals surface area contributed by atoms with Gasteiger partial charge in [-0.2, -0.15) is 5.26 Å². The van der Waals surface area contributed by atoms with Crippen LogP contribution >= 0.6 is 0 Å². The zero-order valence-electron chi connectivity index (χ0n) is 11.0. The Hall–Kier alpha value is -0.590. The molecule has 0 radical (unpaired) electrons. The van der Waals surface area contributed by atoms with E-state index in [1.54, 1.807) is 0 Å². The van der Waals surface area contributed by atoms with Gasteiger partial charge in [-0.25, -0.2) is 0 Å². The zero-order valence-corrected chi connectivity index (χ0v) is 11.0. The van der Waals surface area contributed by atoms with E-state index >= 15 is 0 Å². The van der Waals surface area contributed by atoms with Gasteiger partial charge in [0.2, 0.25) is 0 Å². The van der Waals surface area contributed by atoms with Gasteiger partial charge < -0.3 is 10.6 Å². The third-order valence-electron chi connectivity index (χ3n) is 3.90. The SMILES string of the molecule is CC(N)(C#N)CCCCN(CC1CC1)C1CC1. The zero-order chi connectivity index (χ0) is 12.3. The van der Waals surface area contributed by atoms with Gasteiger partial charge in [-0.1, -0.05) is 0 Å². The molecule has 2 aliphatic carbocycles. The lowest BCUT2D eigenvalue weighted by Gasteiger charge is -2.22. The first-order chi connectivity index (χ1) is 8.11. The average Bonchev–Trinajstić information content (AvgIpc) is 3.15. The van der Waals surface area contributed by atoms with Crippen LogP contribution in [0.15, 0.2) is 0 Å². The summed E-state index contributed by atoms with van der Waals surface area (Å²) >= 11 is 0. The fourth-order valence-corrected chi connectivity index (χ4v) is 2.36. The van der Waals surface area contributed by atoms with E-state index in [1.165, 1.54) is 45.2 Å². The molecule has 0 heterocycles. The second-order valence-electron chi connectivity index (χ2n) is 6.16. The van der Waals surface area contributed by atoms with E-state index in [1.807, 2.05) is 6.92 Å². The van der Waals surface area contributed by atoms with Gasteiger partial charge in [0, 0.05) is 12.6 Å². The fraction of sp³-hybridized carbons (Fsp3) is 0.929. The van der Waals surface area contributed by atoms with Gasteiger partial charge in [0.15, 0.2) is 0 Å². The van der Waals surface area contributed by atoms with Crippen LogP contribution in [-0.4, -0.2) is 29.6 Å². The van der Waals surface area contributed by atoms with Crippen molar-refractivity contribution in [1.29, 1.82) is 5.26 Å². The number of hydrogen-bond acceptors (Lipinski definition) is 3. The smallest absolute Gasteiger partial charge is 0.101 e. The Labute approximate surface area is 105 Å². The molecule has 0 aromatic heterocycles. The van der Waals surface area contributed by atoms with E-state index in [2.05, 4.69) is 11.0 Å². The number of hydrogen-bond donors (Lipinski definition) is 1.